The minimum absolute atomic E-state index is 0.0493. The highest BCUT2D eigenvalue weighted by atomic mass is 19.1. The lowest BCUT2D eigenvalue weighted by atomic mass is 9.79. The Morgan fingerprint density at radius 2 is 1.77 bits per heavy atom. The Labute approximate surface area is 231 Å². The van der Waals surface area contributed by atoms with E-state index >= 15 is 4.39 Å². The molecule has 6 heteroatoms. The predicted molar refractivity (Wildman–Crippen MR) is 153 cm³/mol. The summed E-state index contributed by atoms with van der Waals surface area (Å²) >= 11 is 0. The molecule has 0 aliphatic carbocycles. The van der Waals surface area contributed by atoms with Gasteiger partial charge in [-0.1, -0.05) is 51.1 Å². The fourth-order valence-corrected chi connectivity index (χ4v) is 4.75. The number of ether oxygens (including phenoxy) is 4. The van der Waals surface area contributed by atoms with Gasteiger partial charge in [0.05, 0.1) is 26.7 Å². The first-order valence-electron chi connectivity index (χ1n) is 13.1. The topological polar surface area (TPSA) is 54.0 Å². The van der Waals surface area contributed by atoms with Gasteiger partial charge in [0.25, 0.3) is 0 Å². The number of benzene rings is 3. The number of halogens is 1. The van der Waals surface area contributed by atoms with Gasteiger partial charge in [-0.3, -0.25) is 4.79 Å². The molecule has 0 amide bonds. The summed E-state index contributed by atoms with van der Waals surface area (Å²) in [5.41, 5.74) is 3.48. The average molecular weight is 535 g/mol. The lowest BCUT2D eigenvalue weighted by molar-refractivity contribution is -0.141. The molecule has 0 aromatic heterocycles. The van der Waals surface area contributed by atoms with Gasteiger partial charge in [0.2, 0.25) is 0 Å². The summed E-state index contributed by atoms with van der Waals surface area (Å²) in [4.78, 5) is 11.8. The number of carbonyl (C=O) groups is 1. The van der Waals surface area contributed by atoms with Crippen molar-refractivity contribution in [2.45, 2.75) is 52.2 Å². The van der Waals surface area contributed by atoms with Crippen LogP contribution in [0.1, 0.15) is 62.3 Å². The molecular formula is C33H39FO5. The van der Waals surface area contributed by atoms with Crippen molar-refractivity contribution in [3.05, 3.63) is 95.8 Å². The zero-order valence-electron chi connectivity index (χ0n) is 23.8. The van der Waals surface area contributed by atoms with E-state index in [1.165, 1.54) is 13.2 Å². The number of hydrogen-bond acceptors (Lipinski definition) is 5. The maximum atomic E-state index is 15.1. The molecule has 0 heterocycles. The van der Waals surface area contributed by atoms with E-state index in [0.717, 1.165) is 23.1 Å². The third-order valence-corrected chi connectivity index (χ3v) is 7.17. The molecule has 208 valence electrons. The van der Waals surface area contributed by atoms with Gasteiger partial charge in [-0.05, 0) is 71.0 Å². The summed E-state index contributed by atoms with van der Waals surface area (Å²) in [5, 5.41) is 0. The van der Waals surface area contributed by atoms with Crippen LogP contribution in [0.3, 0.4) is 0 Å². The molecule has 0 radical (unpaired) electrons. The van der Waals surface area contributed by atoms with Crippen LogP contribution in [0.2, 0.25) is 0 Å². The van der Waals surface area contributed by atoms with Crippen LogP contribution in [-0.2, 0) is 20.9 Å². The Kier molecular flexibility index (Phi) is 10.3. The molecular weight excluding hydrogens is 495 g/mol. The zero-order valence-corrected chi connectivity index (χ0v) is 23.8. The van der Waals surface area contributed by atoms with E-state index in [1.54, 1.807) is 26.4 Å². The van der Waals surface area contributed by atoms with Gasteiger partial charge in [0, 0.05) is 18.1 Å². The Bertz CT molecular complexity index is 1280. The minimum Gasteiger partial charge on any atom is -0.497 e. The highest BCUT2D eigenvalue weighted by molar-refractivity contribution is 5.71. The summed E-state index contributed by atoms with van der Waals surface area (Å²) in [6.45, 7) is 10.4. The van der Waals surface area contributed by atoms with E-state index in [2.05, 4.69) is 6.58 Å². The van der Waals surface area contributed by atoms with E-state index in [-0.39, 0.29) is 23.8 Å². The molecule has 0 aliphatic rings. The molecule has 2 atom stereocenters. The summed E-state index contributed by atoms with van der Waals surface area (Å²) < 4.78 is 37.4. The van der Waals surface area contributed by atoms with Crippen molar-refractivity contribution in [1.82, 2.24) is 0 Å². The lowest BCUT2D eigenvalue weighted by Gasteiger charge is -2.32. The molecule has 0 fully saturated rings. The highest BCUT2D eigenvalue weighted by Gasteiger charge is 2.31. The van der Waals surface area contributed by atoms with Crippen LogP contribution in [0.15, 0.2) is 73.3 Å². The van der Waals surface area contributed by atoms with Crippen LogP contribution in [0.25, 0.3) is 11.1 Å². The van der Waals surface area contributed by atoms with Crippen LogP contribution in [-0.4, -0.2) is 27.3 Å². The maximum absolute atomic E-state index is 15.1. The average Bonchev–Trinajstić information content (AvgIpc) is 2.95. The van der Waals surface area contributed by atoms with Crippen molar-refractivity contribution in [2.24, 2.45) is 5.41 Å². The Balaban J connectivity index is 1.97. The van der Waals surface area contributed by atoms with Crippen molar-refractivity contribution in [2.75, 3.05) is 21.3 Å². The van der Waals surface area contributed by atoms with Crippen LogP contribution in [0, 0.1) is 11.2 Å². The fourth-order valence-electron chi connectivity index (χ4n) is 4.75. The Morgan fingerprint density at radius 3 is 2.41 bits per heavy atom. The van der Waals surface area contributed by atoms with Gasteiger partial charge in [-0.15, -0.1) is 6.58 Å². The molecule has 3 rings (SSSR count). The molecule has 3 aromatic rings. The monoisotopic (exact) mass is 534 g/mol. The number of rotatable bonds is 13. The third-order valence-electron chi connectivity index (χ3n) is 7.17. The summed E-state index contributed by atoms with van der Waals surface area (Å²) in [6.07, 6.45) is 2.59. The van der Waals surface area contributed by atoms with Gasteiger partial charge in [0.1, 0.15) is 23.9 Å². The second-order valence-corrected chi connectivity index (χ2v) is 10.2. The number of hydrogen-bond donors (Lipinski definition) is 0. The molecule has 0 N–H and O–H groups in total. The zero-order chi connectivity index (χ0) is 28.6. The van der Waals surface area contributed by atoms with Crippen LogP contribution in [0.5, 0.6) is 11.5 Å². The fraction of sp³-hybridized carbons (Fsp3) is 0.364. The van der Waals surface area contributed by atoms with Crippen molar-refractivity contribution in [3.63, 3.8) is 0 Å². The molecule has 0 bridgehead atoms. The Hall–Kier alpha value is -3.64. The van der Waals surface area contributed by atoms with E-state index in [0.29, 0.717) is 35.7 Å². The lowest BCUT2D eigenvalue weighted by Crippen LogP contribution is -2.22. The number of esters is 1. The molecule has 0 saturated heterocycles. The van der Waals surface area contributed by atoms with Crippen LogP contribution >= 0.6 is 0 Å². The third kappa shape index (κ3) is 7.27. The molecule has 3 aromatic carbocycles. The van der Waals surface area contributed by atoms with Gasteiger partial charge in [0.15, 0.2) is 0 Å². The van der Waals surface area contributed by atoms with E-state index < -0.39 is 5.41 Å². The highest BCUT2D eigenvalue weighted by Crippen LogP contribution is 2.43. The number of methoxy groups -OCH3 is 3. The molecule has 5 nitrogen and oxygen atoms in total. The molecule has 1 unspecified atom stereocenters. The number of carbonyl (C=O) groups excluding carboxylic acids is 1. The smallest absolute Gasteiger partial charge is 0.306 e. The van der Waals surface area contributed by atoms with Gasteiger partial charge < -0.3 is 18.9 Å². The Morgan fingerprint density at radius 1 is 1.00 bits per heavy atom. The quantitative estimate of drug-likeness (QED) is 0.164. The summed E-state index contributed by atoms with van der Waals surface area (Å²) in [5.74, 6) is 0.743. The largest absolute Gasteiger partial charge is 0.497 e. The second kappa shape index (κ2) is 13.4. The minimum atomic E-state index is -0.429. The molecule has 0 aliphatic heterocycles. The molecule has 0 spiro atoms. The first-order chi connectivity index (χ1) is 18.7. The predicted octanol–water partition coefficient (Wildman–Crippen LogP) is 8.04. The van der Waals surface area contributed by atoms with Crippen LogP contribution in [0.4, 0.5) is 4.39 Å². The van der Waals surface area contributed by atoms with E-state index in [9.17, 15) is 4.79 Å². The summed E-state index contributed by atoms with van der Waals surface area (Å²) in [7, 11) is 4.61. The van der Waals surface area contributed by atoms with Crippen LogP contribution < -0.4 is 9.47 Å². The standard InChI is InChI=1S/C33H39FO5/c1-8-23(19-31(35)37-6)24-11-10-12-26(18-24)39-21-22-13-15-27(28-20-25(36-5)14-16-30(28)34)29(17-22)32(38-7)33(3,4)9-2/h9-18,20,23,32H,2,8,19,21H2,1,3-7H3/t23-,32?/m0/s1. The second-order valence-electron chi connectivity index (χ2n) is 10.2. The SMILES string of the molecule is C=CC(C)(C)C(OC)c1cc(COc2cccc([C@@H](CC)CC(=O)OC)c2)ccc1-c1cc(OC)ccc1F. The van der Waals surface area contributed by atoms with Crippen molar-refractivity contribution in [3.8, 4) is 22.6 Å². The van der Waals surface area contributed by atoms with Gasteiger partial charge >= 0.3 is 5.97 Å². The summed E-state index contributed by atoms with van der Waals surface area (Å²) in [6, 6.07) is 18.3. The van der Waals surface area contributed by atoms with E-state index in [4.69, 9.17) is 18.9 Å². The van der Waals surface area contributed by atoms with Crippen molar-refractivity contribution >= 4 is 5.97 Å². The van der Waals surface area contributed by atoms with Gasteiger partial charge in [-0.2, -0.15) is 0 Å². The molecule has 0 saturated carbocycles. The first kappa shape index (κ1) is 29.9. The normalized spacial score (nSPS) is 12.9. The maximum Gasteiger partial charge on any atom is 0.306 e. The first-order valence-corrected chi connectivity index (χ1v) is 13.1. The van der Waals surface area contributed by atoms with Crippen molar-refractivity contribution < 1.29 is 28.1 Å². The van der Waals surface area contributed by atoms with E-state index in [1.807, 2.05) is 69.3 Å². The molecule has 39 heavy (non-hydrogen) atoms. The van der Waals surface area contributed by atoms with Gasteiger partial charge in [-0.25, -0.2) is 4.39 Å². The van der Waals surface area contributed by atoms with Crippen molar-refractivity contribution in [1.29, 1.82) is 0 Å².